The summed E-state index contributed by atoms with van der Waals surface area (Å²) in [5, 5.41) is 2.20. The van der Waals surface area contributed by atoms with Gasteiger partial charge < -0.3 is 15.8 Å². The van der Waals surface area contributed by atoms with Gasteiger partial charge in [0.15, 0.2) is 0 Å². The van der Waals surface area contributed by atoms with E-state index in [1.165, 1.54) is 11.7 Å². The summed E-state index contributed by atoms with van der Waals surface area (Å²) in [5.41, 5.74) is 6.59. The van der Waals surface area contributed by atoms with Gasteiger partial charge in [0.05, 0.1) is 18.1 Å². The first-order chi connectivity index (χ1) is 17.3. The van der Waals surface area contributed by atoms with Crippen molar-refractivity contribution >= 4 is 52.5 Å². The van der Waals surface area contributed by atoms with Crippen LogP contribution >= 0.6 is 23.1 Å². The number of nitrogens with two attached hydrogens (primary N) is 1. The number of imide groups is 3. The van der Waals surface area contributed by atoms with Crippen LogP contribution in [0, 0.1) is 5.92 Å². The number of anilines is 1. The highest BCUT2D eigenvalue weighted by molar-refractivity contribution is 8.00. The number of urea groups is 1. The number of thioether (sulfide) groups is 1. The fourth-order valence-corrected chi connectivity index (χ4v) is 7.28. The van der Waals surface area contributed by atoms with Gasteiger partial charge >= 0.3 is 10.9 Å². The third kappa shape index (κ3) is 3.97. The van der Waals surface area contributed by atoms with Crippen molar-refractivity contribution in [2.24, 2.45) is 11.7 Å². The summed E-state index contributed by atoms with van der Waals surface area (Å²) < 4.78 is 6.53. The van der Waals surface area contributed by atoms with Gasteiger partial charge in [-0.15, -0.1) is 0 Å². The molecule has 1 aromatic heterocycles. The van der Waals surface area contributed by atoms with E-state index < -0.39 is 40.8 Å². The number of likely N-dealkylation sites (tertiary alicyclic amines) is 1. The maximum Gasteiger partial charge on any atom is 0.328 e. The minimum absolute atomic E-state index is 0.277. The zero-order valence-electron chi connectivity index (χ0n) is 18.9. The van der Waals surface area contributed by atoms with E-state index in [1.807, 2.05) is 6.07 Å². The Hall–Kier alpha value is -3.90. The number of carbonyl (C=O) groups is 4. The smallest absolute Gasteiger partial charge is 0.328 e. The molecule has 184 valence electrons. The minimum atomic E-state index is -1.14. The van der Waals surface area contributed by atoms with Crippen molar-refractivity contribution in [3.8, 4) is 5.75 Å². The molecule has 3 atom stereocenters. The molecule has 5 amide bonds. The molecular formula is C24H20N4O6S2. The van der Waals surface area contributed by atoms with Crippen LogP contribution < -0.4 is 20.7 Å². The number of primary amides is 1. The van der Waals surface area contributed by atoms with E-state index in [0.717, 1.165) is 23.1 Å². The Kier molecular flexibility index (Phi) is 6.14. The van der Waals surface area contributed by atoms with Crippen LogP contribution in [0.3, 0.4) is 0 Å². The Morgan fingerprint density at radius 2 is 1.72 bits per heavy atom. The molecule has 3 aromatic rings. The van der Waals surface area contributed by atoms with E-state index in [9.17, 15) is 24.0 Å². The molecule has 2 aliphatic rings. The lowest BCUT2D eigenvalue weighted by Gasteiger charge is -2.30. The average Bonchev–Trinajstić information content (AvgIpc) is 3.30. The number of nitrogens with zero attached hydrogens (tertiary/aromatic N) is 2. The lowest BCUT2D eigenvalue weighted by Crippen LogP contribution is -2.41. The summed E-state index contributed by atoms with van der Waals surface area (Å²) in [6.45, 7) is -0.277. The number of benzene rings is 2. The van der Waals surface area contributed by atoms with Crippen molar-refractivity contribution in [2.45, 2.75) is 22.7 Å². The van der Waals surface area contributed by atoms with Crippen LogP contribution in [0.25, 0.3) is 0 Å². The van der Waals surface area contributed by atoms with Crippen molar-refractivity contribution in [2.75, 3.05) is 12.4 Å². The zero-order valence-corrected chi connectivity index (χ0v) is 20.5. The van der Waals surface area contributed by atoms with Crippen molar-refractivity contribution in [3.63, 3.8) is 0 Å². The monoisotopic (exact) mass is 524 g/mol. The Bertz CT molecular complexity index is 1430. The van der Waals surface area contributed by atoms with Crippen LogP contribution in [0.1, 0.15) is 16.4 Å². The number of hydrogen-bond acceptors (Lipinski definition) is 8. The number of hydrogen-bond donors (Lipinski definition) is 2. The van der Waals surface area contributed by atoms with Crippen molar-refractivity contribution in [1.82, 2.24) is 9.47 Å². The molecule has 0 aliphatic carbocycles. The van der Waals surface area contributed by atoms with Gasteiger partial charge in [-0.25, -0.2) is 4.79 Å². The minimum Gasteiger partial charge on any atom is -0.497 e. The Morgan fingerprint density at radius 1 is 1.03 bits per heavy atom. The predicted octanol–water partition coefficient (Wildman–Crippen LogP) is 2.23. The molecular weight excluding hydrogens is 504 g/mol. The van der Waals surface area contributed by atoms with Gasteiger partial charge in [-0.1, -0.05) is 53.4 Å². The van der Waals surface area contributed by atoms with Crippen molar-refractivity contribution in [3.05, 3.63) is 74.7 Å². The van der Waals surface area contributed by atoms with E-state index in [1.54, 1.807) is 48.5 Å². The number of aromatic nitrogens is 1. The highest BCUT2D eigenvalue weighted by Gasteiger charge is 2.57. The first-order valence-corrected chi connectivity index (χ1v) is 12.6. The highest BCUT2D eigenvalue weighted by atomic mass is 32.2. The first kappa shape index (κ1) is 23.8. The summed E-state index contributed by atoms with van der Waals surface area (Å²) in [6.07, 6.45) is 0. The SMILES string of the molecule is COc1ccc([C@@H]2c3sc(=O)n(CC(=O)Nc4ccccc4)c3SC3C(=O)N(C(N)=O)C(=O)C32)cc1. The molecule has 5 rings (SSSR count). The maximum atomic E-state index is 13.2. The summed E-state index contributed by atoms with van der Waals surface area (Å²) in [4.78, 5) is 64.6. The predicted molar refractivity (Wildman–Crippen MR) is 133 cm³/mol. The van der Waals surface area contributed by atoms with E-state index in [2.05, 4.69) is 5.32 Å². The van der Waals surface area contributed by atoms with Crippen LogP contribution in [0.4, 0.5) is 10.5 Å². The Morgan fingerprint density at radius 3 is 2.36 bits per heavy atom. The van der Waals surface area contributed by atoms with Crippen molar-refractivity contribution in [1.29, 1.82) is 0 Å². The second-order valence-corrected chi connectivity index (χ2v) is 10.3. The molecule has 0 saturated carbocycles. The van der Waals surface area contributed by atoms with E-state index in [0.29, 0.717) is 31.8 Å². The Balaban J connectivity index is 1.57. The van der Waals surface area contributed by atoms with Crippen LogP contribution in [0.2, 0.25) is 0 Å². The number of ether oxygens (including phenoxy) is 1. The number of carbonyl (C=O) groups excluding carboxylic acids is 4. The van der Waals surface area contributed by atoms with Gasteiger partial charge in [-0.3, -0.25) is 23.7 Å². The van der Waals surface area contributed by atoms with E-state index in [4.69, 9.17) is 10.5 Å². The topological polar surface area (TPSA) is 141 Å². The normalized spacial score (nSPS) is 20.6. The summed E-state index contributed by atoms with van der Waals surface area (Å²) in [6, 6.07) is 14.6. The third-order valence-electron chi connectivity index (χ3n) is 6.10. The second kappa shape index (κ2) is 9.28. The summed E-state index contributed by atoms with van der Waals surface area (Å²) >= 11 is 1.93. The van der Waals surface area contributed by atoms with Gasteiger partial charge in [-0.05, 0) is 29.8 Å². The number of methoxy groups -OCH3 is 1. The van der Waals surface area contributed by atoms with Crippen molar-refractivity contribution < 1.29 is 23.9 Å². The standard InChI is InChI=1S/C24H20N4O6S2/c1-34-14-9-7-12(8-10-14)16-17-18(21(31)28(20(17)30)23(25)32)35-22-19(16)36-24(33)27(22)11-15(29)26-13-5-3-2-4-6-13/h2-10,16-18H,11H2,1H3,(H2,25,32)(H,26,29)/t16-,17?,18?/m0/s1. The average molecular weight is 525 g/mol. The number of amides is 5. The Labute approximate surface area is 213 Å². The first-order valence-electron chi connectivity index (χ1n) is 10.9. The lowest BCUT2D eigenvalue weighted by molar-refractivity contribution is -0.135. The van der Waals surface area contributed by atoms with Crippen LogP contribution in [0.15, 0.2) is 64.4 Å². The molecule has 1 fully saturated rings. The molecule has 1 saturated heterocycles. The fraction of sp³-hybridized carbons (Fsp3) is 0.208. The molecule has 0 bridgehead atoms. The van der Waals surface area contributed by atoms with Gasteiger partial charge in [-0.2, -0.15) is 4.90 Å². The van der Waals surface area contributed by atoms with Gasteiger partial charge in [0.1, 0.15) is 17.5 Å². The molecule has 3 N–H and O–H groups in total. The summed E-state index contributed by atoms with van der Waals surface area (Å²) in [5.74, 6) is -2.87. The fourth-order valence-electron chi connectivity index (χ4n) is 4.51. The van der Waals surface area contributed by atoms with Crippen LogP contribution in [0.5, 0.6) is 5.75 Å². The second-order valence-electron chi connectivity index (χ2n) is 8.20. The molecule has 3 heterocycles. The zero-order chi connectivity index (χ0) is 25.6. The van der Waals surface area contributed by atoms with Crippen LogP contribution in [-0.2, 0) is 20.9 Å². The quantitative estimate of drug-likeness (QED) is 0.488. The molecule has 10 nitrogen and oxygen atoms in total. The number of fused-ring (bicyclic) bond motifs is 2. The molecule has 12 heteroatoms. The third-order valence-corrected chi connectivity index (χ3v) is 8.71. The maximum absolute atomic E-state index is 13.2. The lowest BCUT2D eigenvalue weighted by atomic mass is 9.83. The van der Waals surface area contributed by atoms with E-state index >= 15 is 0 Å². The van der Waals surface area contributed by atoms with Gasteiger partial charge in [0, 0.05) is 16.5 Å². The molecule has 0 radical (unpaired) electrons. The largest absolute Gasteiger partial charge is 0.497 e. The van der Waals surface area contributed by atoms with Gasteiger partial charge in [0.25, 0.3) is 5.91 Å². The van der Waals surface area contributed by atoms with E-state index in [-0.39, 0.29) is 11.4 Å². The molecule has 2 unspecified atom stereocenters. The van der Waals surface area contributed by atoms with Crippen LogP contribution in [-0.4, -0.2) is 45.6 Å². The highest BCUT2D eigenvalue weighted by Crippen LogP contribution is 2.53. The summed E-state index contributed by atoms with van der Waals surface area (Å²) in [7, 11) is 1.52. The number of thiazole rings is 1. The molecule has 2 aromatic carbocycles. The number of para-hydroxylation sites is 1. The number of nitrogens with one attached hydrogen (secondary N) is 1. The number of rotatable bonds is 5. The molecule has 2 aliphatic heterocycles. The molecule has 0 spiro atoms. The van der Waals surface area contributed by atoms with Gasteiger partial charge in [0.2, 0.25) is 11.8 Å². The molecule has 36 heavy (non-hydrogen) atoms.